The molecule has 0 atom stereocenters. The Bertz CT molecular complexity index is 1430. The minimum absolute atomic E-state index is 0.0622. The van der Waals surface area contributed by atoms with Crippen molar-refractivity contribution < 1.29 is 17.9 Å². The number of benzene rings is 3. The first-order valence-electron chi connectivity index (χ1n) is 10.4. The summed E-state index contributed by atoms with van der Waals surface area (Å²) in [5.74, 6) is 0.131. The topological polar surface area (TPSA) is 93.5 Å². The Balaban J connectivity index is 1.58. The zero-order valence-corrected chi connectivity index (χ0v) is 20.6. The molecule has 0 aliphatic heterocycles. The molecule has 1 N–H and O–H groups in total. The number of ether oxygens (including phenoxy) is 1. The smallest absolute Gasteiger partial charge is 0.242 e. The van der Waals surface area contributed by atoms with E-state index in [9.17, 15) is 13.2 Å². The van der Waals surface area contributed by atoms with Crippen molar-refractivity contribution in [1.82, 2.24) is 13.9 Å². The number of rotatable bonds is 8. The number of imidazole rings is 1. The van der Waals surface area contributed by atoms with E-state index < -0.39 is 10.0 Å². The molecule has 3 aromatic carbocycles. The molecule has 176 valence electrons. The summed E-state index contributed by atoms with van der Waals surface area (Å²) < 4.78 is 33.4. The summed E-state index contributed by atoms with van der Waals surface area (Å²) in [5, 5.41) is 3.45. The van der Waals surface area contributed by atoms with E-state index in [2.05, 4.69) is 5.32 Å². The molecule has 1 heterocycles. The molecule has 0 saturated heterocycles. The van der Waals surface area contributed by atoms with E-state index in [1.165, 1.54) is 51.2 Å². The highest BCUT2D eigenvalue weighted by Crippen LogP contribution is 2.30. The number of hydrogen-bond acceptors (Lipinski definition) is 6. The maximum absolute atomic E-state index is 12.8. The molecule has 34 heavy (non-hydrogen) atoms. The van der Waals surface area contributed by atoms with Crippen molar-refractivity contribution in [3.63, 3.8) is 0 Å². The van der Waals surface area contributed by atoms with Gasteiger partial charge in [-0.2, -0.15) is 0 Å². The number of methoxy groups -OCH3 is 1. The van der Waals surface area contributed by atoms with Crippen molar-refractivity contribution in [1.29, 1.82) is 0 Å². The van der Waals surface area contributed by atoms with Gasteiger partial charge in [0.2, 0.25) is 15.9 Å². The quantitative estimate of drug-likeness (QED) is 0.371. The maximum atomic E-state index is 12.8. The predicted octanol–water partition coefficient (Wildman–Crippen LogP) is 4.02. The third-order valence-electron chi connectivity index (χ3n) is 5.10. The van der Waals surface area contributed by atoms with E-state index in [1.807, 2.05) is 59.2 Å². The Hall–Kier alpha value is -3.34. The monoisotopic (exact) mass is 496 g/mol. The second kappa shape index (κ2) is 9.88. The normalized spacial score (nSPS) is 11.6. The van der Waals surface area contributed by atoms with Crippen LogP contribution in [0.1, 0.15) is 0 Å². The average Bonchev–Trinajstić information content (AvgIpc) is 3.21. The number of amides is 1. The number of para-hydroxylation sites is 3. The zero-order valence-electron chi connectivity index (χ0n) is 18.9. The third-order valence-corrected chi connectivity index (χ3v) is 7.85. The van der Waals surface area contributed by atoms with Gasteiger partial charge in [0.1, 0.15) is 5.75 Å². The minimum atomic E-state index is -3.66. The van der Waals surface area contributed by atoms with Crippen LogP contribution in [0.25, 0.3) is 16.7 Å². The van der Waals surface area contributed by atoms with Crippen LogP contribution in [0, 0.1) is 0 Å². The molecular weight excluding hydrogens is 472 g/mol. The van der Waals surface area contributed by atoms with Crippen molar-refractivity contribution in [3.8, 4) is 11.4 Å². The first kappa shape index (κ1) is 23.8. The Kier molecular flexibility index (Phi) is 6.92. The molecule has 0 bridgehead atoms. The number of thioether (sulfide) groups is 1. The number of sulfonamides is 1. The lowest BCUT2D eigenvalue weighted by molar-refractivity contribution is -0.113. The van der Waals surface area contributed by atoms with E-state index in [4.69, 9.17) is 9.72 Å². The summed E-state index contributed by atoms with van der Waals surface area (Å²) in [4.78, 5) is 17.6. The van der Waals surface area contributed by atoms with Gasteiger partial charge in [-0.1, -0.05) is 42.1 Å². The molecule has 10 heteroatoms. The molecule has 1 aromatic heterocycles. The SMILES string of the molecule is COc1ccc(S(=O)(=O)N(C)C)cc1NC(=O)CSc1nc2ccccc2n1-c1ccccc1. The molecule has 0 unspecified atom stereocenters. The number of anilines is 1. The van der Waals surface area contributed by atoms with E-state index in [1.54, 1.807) is 0 Å². The Labute approximate surface area is 202 Å². The molecule has 0 aliphatic rings. The van der Waals surface area contributed by atoms with Crippen LogP contribution in [0.3, 0.4) is 0 Å². The van der Waals surface area contributed by atoms with Crippen molar-refractivity contribution >= 4 is 44.4 Å². The van der Waals surface area contributed by atoms with Crippen molar-refractivity contribution in [3.05, 3.63) is 72.8 Å². The van der Waals surface area contributed by atoms with Gasteiger partial charge in [-0.25, -0.2) is 17.7 Å². The van der Waals surface area contributed by atoms with Gasteiger partial charge in [-0.05, 0) is 42.5 Å². The number of fused-ring (bicyclic) bond motifs is 1. The highest BCUT2D eigenvalue weighted by Gasteiger charge is 2.20. The molecule has 0 radical (unpaired) electrons. The number of carbonyl (C=O) groups excluding carboxylic acids is 1. The van der Waals surface area contributed by atoms with Gasteiger partial charge in [0.05, 0.1) is 34.5 Å². The fourth-order valence-corrected chi connectivity index (χ4v) is 5.16. The number of aromatic nitrogens is 2. The second-order valence-corrected chi connectivity index (χ2v) is 10.6. The van der Waals surface area contributed by atoms with Crippen LogP contribution in [0.4, 0.5) is 5.69 Å². The third kappa shape index (κ3) is 4.79. The fraction of sp³-hybridized carbons (Fsp3) is 0.167. The number of carbonyl (C=O) groups is 1. The first-order valence-corrected chi connectivity index (χ1v) is 12.8. The van der Waals surface area contributed by atoms with Crippen molar-refractivity contribution in [2.75, 3.05) is 32.3 Å². The predicted molar refractivity (Wildman–Crippen MR) is 134 cm³/mol. The van der Waals surface area contributed by atoms with Gasteiger partial charge in [0.15, 0.2) is 5.16 Å². The zero-order chi connectivity index (χ0) is 24.3. The summed E-state index contributed by atoms with van der Waals surface area (Å²) in [6.07, 6.45) is 0. The van der Waals surface area contributed by atoms with Crippen LogP contribution in [-0.4, -0.2) is 55.1 Å². The molecule has 0 spiro atoms. The average molecular weight is 497 g/mol. The second-order valence-electron chi connectivity index (χ2n) is 7.54. The van der Waals surface area contributed by atoms with Crippen LogP contribution < -0.4 is 10.1 Å². The van der Waals surface area contributed by atoms with Crippen LogP contribution in [0.2, 0.25) is 0 Å². The summed E-state index contributed by atoms with van der Waals surface area (Å²) in [5.41, 5.74) is 3.01. The lowest BCUT2D eigenvalue weighted by Gasteiger charge is -2.15. The van der Waals surface area contributed by atoms with Gasteiger partial charge >= 0.3 is 0 Å². The van der Waals surface area contributed by atoms with E-state index in [0.717, 1.165) is 21.0 Å². The molecule has 4 rings (SSSR count). The molecule has 0 saturated carbocycles. The number of hydrogen-bond donors (Lipinski definition) is 1. The molecular formula is C24H24N4O4S2. The van der Waals surface area contributed by atoms with Crippen LogP contribution >= 0.6 is 11.8 Å². The summed E-state index contributed by atoms with van der Waals surface area (Å²) >= 11 is 1.30. The van der Waals surface area contributed by atoms with Crippen LogP contribution in [-0.2, 0) is 14.8 Å². The van der Waals surface area contributed by atoms with Crippen molar-refractivity contribution in [2.45, 2.75) is 10.1 Å². The van der Waals surface area contributed by atoms with E-state index >= 15 is 0 Å². The van der Waals surface area contributed by atoms with Gasteiger partial charge in [-0.3, -0.25) is 9.36 Å². The molecule has 1 amide bonds. The Morgan fingerprint density at radius 2 is 1.76 bits per heavy atom. The molecule has 4 aromatic rings. The standard InChI is InChI=1S/C24H24N4O4S2/c1-27(2)34(30,31)18-13-14-22(32-3)20(15-18)25-23(29)16-33-24-26-19-11-7-8-12-21(19)28(24)17-9-5-4-6-10-17/h4-15H,16H2,1-3H3,(H,25,29). The molecule has 0 aliphatic carbocycles. The van der Waals surface area contributed by atoms with Gasteiger partial charge in [-0.15, -0.1) is 0 Å². The number of nitrogens with zero attached hydrogens (tertiary/aromatic N) is 3. The fourth-order valence-electron chi connectivity index (χ4n) is 3.40. The maximum Gasteiger partial charge on any atom is 0.242 e. The summed E-state index contributed by atoms with van der Waals surface area (Å²) in [7, 11) is 0.705. The summed E-state index contributed by atoms with van der Waals surface area (Å²) in [6, 6.07) is 22.0. The van der Waals surface area contributed by atoms with Crippen LogP contribution in [0.5, 0.6) is 5.75 Å². The number of nitrogens with one attached hydrogen (secondary N) is 1. The highest BCUT2D eigenvalue weighted by atomic mass is 32.2. The lowest BCUT2D eigenvalue weighted by atomic mass is 10.3. The van der Waals surface area contributed by atoms with E-state index in [0.29, 0.717) is 10.9 Å². The largest absolute Gasteiger partial charge is 0.495 e. The Morgan fingerprint density at radius 1 is 1.06 bits per heavy atom. The molecule has 0 fully saturated rings. The Morgan fingerprint density at radius 3 is 2.47 bits per heavy atom. The molecule has 8 nitrogen and oxygen atoms in total. The minimum Gasteiger partial charge on any atom is -0.495 e. The van der Waals surface area contributed by atoms with Gasteiger partial charge in [0, 0.05) is 19.8 Å². The first-order chi connectivity index (χ1) is 16.3. The van der Waals surface area contributed by atoms with Crippen molar-refractivity contribution in [2.24, 2.45) is 0 Å². The van der Waals surface area contributed by atoms with Crippen LogP contribution in [0.15, 0.2) is 82.8 Å². The lowest BCUT2D eigenvalue weighted by Crippen LogP contribution is -2.22. The van der Waals surface area contributed by atoms with Gasteiger partial charge < -0.3 is 10.1 Å². The van der Waals surface area contributed by atoms with Gasteiger partial charge in [0.25, 0.3) is 0 Å². The summed E-state index contributed by atoms with van der Waals surface area (Å²) in [6.45, 7) is 0. The highest BCUT2D eigenvalue weighted by molar-refractivity contribution is 7.99. The van der Waals surface area contributed by atoms with E-state index in [-0.39, 0.29) is 22.2 Å².